The van der Waals surface area contributed by atoms with E-state index in [9.17, 15) is 4.79 Å². The highest BCUT2D eigenvalue weighted by Crippen LogP contribution is 2.23. The van der Waals surface area contributed by atoms with Crippen molar-refractivity contribution in [3.63, 3.8) is 0 Å². The zero-order valence-electron chi connectivity index (χ0n) is 10.3. The van der Waals surface area contributed by atoms with Crippen LogP contribution in [0.3, 0.4) is 0 Å². The van der Waals surface area contributed by atoms with Gasteiger partial charge in [0.2, 0.25) is 5.13 Å². The summed E-state index contributed by atoms with van der Waals surface area (Å²) in [7, 11) is 1.74. The fourth-order valence-corrected chi connectivity index (χ4v) is 1.98. The van der Waals surface area contributed by atoms with Crippen molar-refractivity contribution in [3.8, 4) is 0 Å². The highest BCUT2D eigenvalue weighted by molar-refractivity contribution is 7.15. The molecule has 2 aromatic heterocycles. The number of hydrogen-bond donors (Lipinski definition) is 1. The number of anilines is 2. The highest BCUT2D eigenvalue weighted by atomic mass is 32.1. The van der Waals surface area contributed by atoms with Gasteiger partial charge in [-0.05, 0) is 13.8 Å². The molecule has 18 heavy (non-hydrogen) atoms. The lowest BCUT2D eigenvalue weighted by molar-refractivity contribution is 0.0527. The minimum atomic E-state index is -0.408. The number of nitrogens with one attached hydrogen (secondary N) is 1. The number of rotatable bonds is 4. The van der Waals surface area contributed by atoms with Crippen LogP contribution in [0.5, 0.6) is 0 Å². The molecule has 0 aliphatic heterocycles. The number of esters is 1. The second-order valence-electron chi connectivity index (χ2n) is 3.50. The second kappa shape index (κ2) is 5.13. The van der Waals surface area contributed by atoms with Crippen LogP contribution in [0, 0.1) is 6.92 Å². The van der Waals surface area contributed by atoms with E-state index in [0.717, 1.165) is 5.01 Å². The van der Waals surface area contributed by atoms with Crippen molar-refractivity contribution >= 4 is 28.3 Å². The number of carbonyl (C=O) groups excluding carboxylic acids is 1. The largest absolute Gasteiger partial charge is 0.462 e. The molecular formula is C10H13N5O2S. The summed E-state index contributed by atoms with van der Waals surface area (Å²) in [6.45, 7) is 3.94. The van der Waals surface area contributed by atoms with E-state index in [2.05, 4.69) is 20.6 Å². The van der Waals surface area contributed by atoms with E-state index in [4.69, 9.17) is 4.74 Å². The van der Waals surface area contributed by atoms with E-state index in [-0.39, 0.29) is 0 Å². The Morgan fingerprint density at radius 3 is 2.94 bits per heavy atom. The first-order valence-electron chi connectivity index (χ1n) is 5.38. The number of hydrogen-bond acceptors (Lipinski definition) is 7. The number of aromatic nitrogens is 4. The molecule has 0 fully saturated rings. The Bertz CT molecular complexity index is 562. The van der Waals surface area contributed by atoms with Crippen LogP contribution in [0.2, 0.25) is 0 Å². The topological polar surface area (TPSA) is 81.9 Å². The van der Waals surface area contributed by atoms with Crippen LogP contribution in [-0.4, -0.2) is 32.6 Å². The minimum Gasteiger partial charge on any atom is -0.462 e. The Morgan fingerprint density at radius 1 is 1.56 bits per heavy atom. The van der Waals surface area contributed by atoms with E-state index in [0.29, 0.717) is 23.1 Å². The lowest BCUT2D eigenvalue weighted by Crippen LogP contribution is -2.08. The van der Waals surface area contributed by atoms with Crippen LogP contribution in [0.1, 0.15) is 22.3 Å². The van der Waals surface area contributed by atoms with E-state index < -0.39 is 5.97 Å². The Morgan fingerprint density at radius 2 is 2.33 bits per heavy atom. The molecule has 8 heteroatoms. The van der Waals surface area contributed by atoms with Crippen LogP contribution >= 0.6 is 11.3 Å². The van der Waals surface area contributed by atoms with Crippen LogP contribution in [0.25, 0.3) is 0 Å². The zero-order valence-corrected chi connectivity index (χ0v) is 11.1. The molecule has 0 amide bonds. The normalized spacial score (nSPS) is 10.4. The third-order valence-corrected chi connectivity index (χ3v) is 2.94. The molecule has 2 aromatic rings. The van der Waals surface area contributed by atoms with Crippen molar-refractivity contribution in [2.24, 2.45) is 7.05 Å². The van der Waals surface area contributed by atoms with Gasteiger partial charge in [-0.2, -0.15) is 5.10 Å². The Hall–Kier alpha value is -1.96. The predicted molar refractivity (Wildman–Crippen MR) is 67.1 cm³/mol. The SMILES string of the molecule is CCOC(=O)c1cnn(C)c1Nc1nnc(C)s1. The minimum absolute atomic E-state index is 0.324. The van der Waals surface area contributed by atoms with Crippen LogP contribution in [-0.2, 0) is 11.8 Å². The van der Waals surface area contributed by atoms with Gasteiger partial charge in [-0.15, -0.1) is 10.2 Å². The molecule has 0 unspecified atom stereocenters. The maximum absolute atomic E-state index is 11.7. The van der Waals surface area contributed by atoms with Crippen molar-refractivity contribution < 1.29 is 9.53 Å². The van der Waals surface area contributed by atoms with Crippen molar-refractivity contribution in [2.45, 2.75) is 13.8 Å². The lowest BCUT2D eigenvalue weighted by Gasteiger charge is -2.05. The molecule has 0 bridgehead atoms. The lowest BCUT2D eigenvalue weighted by atomic mass is 10.3. The summed E-state index contributed by atoms with van der Waals surface area (Å²) in [5.74, 6) is 0.138. The molecule has 0 radical (unpaired) electrons. The average Bonchev–Trinajstić information content (AvgIpc) is 2.88. The van der Waals surface area contributed by atoms with Gasteiger partial charge in [0.25, 0.3) is 0 Å². The molecule has 1 N–H and O–H groups in total. The van der Waals surface area contributed by atoms with Gasteiger partial charge in [0.15, 0.2) is 0 Å². The van der Waals surface area contributed by atoms with Crippen LogP contribution in [0.15, 0.2) is 6.20 Å². The predicted octanol–water partition coefficient (Wildman–Crippen LogP) is 1.50. The van der Waals surface area contributed by atoms with E-state index in [1.54, 1.807) is 18.7 Å². The van der Waals surface area contributed by atoms with Gasteiger partial charge in [-0.25, -0.2) is 4.79 Å². The summed E-state index contributed by atoms with van der Waals surface area (Å²) < 4.78 is 6.52. The van der Waals surface area contributed by atoms with E-state index in [1.807, 2.05) is 6.92 Å². The number of nitrogens with zero attached hydrogens (tertiary/aromatic N) is 4. The molecule has 0 saturated heterocycles. The summed E-state index contributed by atoms with van der Waals surface area (Å²) in [6.07, 6.45) is 1.47. The molecule has 0 aliphatic rings. The number of ether oxygens (including phenoxy) is 1. The molecule has 2 rings (SSSR count). The third kappa shape index (κ3) is 2.48. The first kappa shape index (κ1) is 12.5. The molecule has 96 valence electrons. The quantitative estimate of drug-likeness (QED) is 0.845. The Labute approximate surface area is 108 Å². The van der Waals surface area contributed by atoms with Crippen molar-refractivity contribution in [1.29, 1.82) is 0 Å². The molecule has 0 aromatic carbocycles. The molecule has 0 saturated carbocycles. The number of aryl methyl sites for hydroxylation is 2. The monoisotopic (exact) mass is 267 g/mol. The highest BCUT2D eigenvalue weighted by Gasteiger charge is 2.18. The average molecular weight is 267 g/mol. The first-order valence-corrected chi connectivity index (χ1v) is 6.19. The molecule has 7 nitrogen and oxygen atoms in total. The van der Waals surface area contributed by atoms with Crippen LogP contribution in [0.4, 0.5) is 10.9 Å². The Kier molecular flexibility index (Phi) is 3.56. The van der Waals surface area contributed by atoms with Gasteiger partial charge in [0.1, 0.15) is 16.4 Å². The van der Waals surface area contributed by atoms with Gasteiger partial charge in [-0.1, -0.05) is 11.3 Å². The zero-order chi connectivity index (χ0) is 13.1. The van der Waals surface area contributed by atoms with Crippen molar-refractivity contribution in [1.82, 2.24) is 20.0 Å². The summed E-state index contributed by atoms with van der Waals surface area (Å²) >= 11 is 1.40. The summed E-state index contributed by atoms with van der Waals surface area (Å²) in [4.78, 5) is 11.7. The van der Waals surface area contributed by atoms with Crippen molar-refractivity contribution in [3.05, 3.63) is 16.8 Å². The second-order valence-corrected chi connectivity index (χ2v) is 4.68. The summed E-state index contributed by atoms with van der Waals surface area (Å²) in [5.41, 5.74) is 0.382. The maximum Gasteiger partial charge on any atom is 0.343 e. The van der Waals surface area contributed by atoms with Gasteiger partial charge in [-0.3, -0.25) is 4.68 Å². The van der Waals surface area contributed by atoms with Crippen molar-refractivity contribution in [2.75, 3.05) is 11.9 Å². The summed E-state index contributed by atoms with van der Waals surface area (Å²) in [6, 6.07) is 0. The van der Waals surface area contributed by atoms with Gasteiger partial charge in [0, 0.05) is 7.05 Å². The summed E-state index contributed by atoms with van der Waals surface area (Å²) in [5, 5.41) is 16.4. The number of carbonyl (C=O) groups is 1. The third-order valence-electron chi connectivity index (χ3n) is 2.19. The van der Waals surface area contributed by atoms with Gasteiger partial charge in [0.05, 0.1) is 12.8 Å². The molecule has 0 aliphatic carbocycles. The fourth-order valence-electron chi connectivity index (χ4n) is 1.39. The standard InChI is InChI=1S/C10H13N5O2S/c1-4-17-9(16)7-5-11-15(3)8(7)12-10-14-13-6(2)18-10/h5H,4H2,1-3H3,(H,12,14). The van der Waals surface area contributed by atoms with Gasteiger partial charge >= 0.3 is 5.97 Å². The molecular weight excluding hydrogens is 254 g/mol. The fraction of sp³-hybridized carbons (Fsp3) is 0.400. The maximum atomic E-state index is 11.7. The van der Waals surface area contributed by atoms with Crippen LogP contribution < -0.4 is 5.32 Å². The molecule has 2 heterocycles. The molecule has 0 atom stereocenters. The Balaban J connectivity index is 2.26. The van der Waals surface area contributed by atoms with E-state index >= 15 is 0 Å². The van der Waals surface area contributed by atoms with Gasteiger partial charge < -0.3 is 10.1 Å². The first-order chi connectivity index (χ1) is 8.61. The molecule has 0 spiro atoms. The van der Waals surface area contributed by atoms with E-state index in [1.165, 1.54) is 17.5 Å². The smallest absolute Gasteiger partial charge is 0.343 e.